The number of nitrogens with zero attached hydrogens (tertiary/aromatic N) is 4. The van der Waals surface area contributed by atoms with E-state index >= 15 is 0 Å². The summed E-state index contributed by atoms with van der Waals surface area (Å²) >= 11 is 0. The van der Waals surface area contributed by atoms with Crippen LogP contribution in [0.3, 0.4) is 0 Å². The van der Waals surface area contributed by atoms with Gasteiger partial charge in [-0.25, -0.2) is 9.97 Å². The molecule has 0 aliphatic heterocycles. The number of anilines is 2. The zero-order valence-electron chi connectivity index (χ0n) is 11.1. The average molecular weight is 259 g/mol. The Morgan fingerprint density at radius 1 is 1.37 bits per heavy atom. The van der Waals surface area contributed by atoms with Crippen molar-refractivity contribution < 1.29 is 0 Å². The Kier molecular flexibility index (Phi) is 3.79. The number of hydrogen-bond donors (Lipinski definition) is 1. The fraction of sp³-hybridized carbons (Fsp3) is 0.308. The molecule has 0 aliphatic rings. The van der Waals surface area contributed by atoms with Gasteiger partial charge in [0.1, 0.15) is 5.82 Å². The summed E-state index contributed by atoms with van der Waals surface area (Å²) in [6.45, 7) is 3.12. The molecule has 0 bridgehead atoms. The van der Waals surface area contributed by atoms with E-state index < -0.39 is 0 Å². The maximum Gasteiger partial charge on any atom is 0.293 e. The van der Waals surface area contributed by atoms with Crippen LogP contribution in [0.1, 0.15) is 12.5 Å². The van der Waals surface area contributed by atoms with Crippen LogP contribution in [0.2, 0.25) is 0 Å². The summed E-state index contributed by atoms with van der Waals surface area (Å²) in [6.07, 6.45) is 5.02. The molecule has 0 radical (unpaired) electrons. The Labute approximate surface area is 111 Å². The molecule has 6 heteroatoms. The van der Waals surface area contributed by atoms with Gasteiger partial charge in [-0.1, -0.05) is 6.07 Å². The van der Waals surface area contributed by atoms with Crippen LogP contribution in [0, 0.1) is 0 Å². The van der Waals surface area contributed by atoms with Crippen LogP contribution in [0.5, 0.6) is 0 Å². The van der Waals surface area contributed by atoms with Gasteiger partial charge >= 0.3 is 0 Å². The first-order valence-corrected chi connectivity index (χ1v) is 6.08. The fourth-order valence-electron chi connectivity index (χ4n) is 1.82. The van der Waals surface area contributed by atoms with Crippen LogP contribution >= 0.6 is 0 Å². The summed E-state index contributed by atoms with van der Waals surface area (Å²) in [6, 6.07) is 3.63. The van der Waals surface area contributed by atoms with Gasteiger partial charge in [-0.15, -0.1) is 0 Å². The molecule has 0 amide bonds. The van der Waals surface area contributed by atoms with E-state index in [1.165, 1.54) is 0 Å². The lowest BCUT2D eigenvalue weighted by atomic mass is 10.2. The highest BCUT2D eigenvalue weighted by Gasteiger charge is 2.09. The van der Waals surface area contributed by atoms with Gasteiger partial charge in [0.15, 0.2) is 5.82 Å². The number of rotatable bonds is 4. The van der Waals surface area contributed by atoms with Crippen LogP contribution in [0.4, 0.5) is 11.6 Å². The van der Waals surface area contributed by atoms with Gasteiger partial charge in [-0.2, -0.15) is 0 Å². The third-order valence-corrected chi connectivity index (χ3v) is 2.87. The van der Waals surface area contributed by atoms with Crippen LogP contribution in [-0.4, -0.2) is 21.6 Å². The van der Waals surface area contributed by atoms with E-state index in [9.17, 15) is 4.79 Å². The maximum absolute atomic E-state index is 12.1. The van der Waals surface area contributed by atoms with E-state index in [1.807, 2.05) is 24.9 Å². The van der Waals surface area contributed by atoms with Gasteiger partial charge in [0.2, 0.25) is 0 Å². The van der Waals surface area contributed by atoms with Crippen molar-refractivity contribution in [3.63, 3.8) is 0 Å². The average Bonchev–Trinajstić information content (AvgIpc) is 2.41. The highest BCUT2D eigenvalue weighted by molar-refractivity contribution is 5.37. The minimum absolute atomic E-state index is 0.0871. The Balaban J connectivity index is 2.22. The van der Waals surface area contributed by atoms with E-state index in [0.29, 0.717) is 24.7 Å². The van der Waals surface area contributed by atoms with Crippen LogP contribution in [-0.2, 0) is 13.1 Å². The summed E-state index contributed by atoms with van der Waals surface area (Å²) in [5.41, 5.74) is 6.43. The minimum Gasteiger partial charge on any atom is -0.384 e. The Bertz CT molecular complexity index is 605. The van der Waals surface area contributed by atoms with E-state index in [4.69, 9.17) is 5.73 Å². The zero-order chi connectivity index (χ0) is 13.8. The molecule has 2 heterocycles. The second-order valence-electron chi connectivity index (χ2n) is 4.29. The first-order chi connectivity index (χ1) is 9.11. The molecule has 0 unspecified atom stereocenters. The second kappa shape index (κ2) is 5.51. The summed E-state index contributed by atoms with van der Waals surface area (Å²) in [5.74, 6) is 0.916. The van der Waals surface area contributed by atoms with Crippen molar-refractivity contribution in [2.75, 3.05) is 17.7 Å². The number of hydrogen-bond acceptors (Lipinski definition) is 5. The smallest absolute Gasteiger partial charge is 0.293 e. The quantitative estimate of drug-likeness (QED) is 0.881. The molecule has 0 spiro atoms. The lowest BCUT2D eigenvalue weighted by molar-refractivity contribution is 0.708. The summed E-state index contributed by atoms with van der Waals surface area (Å²) in [4.78, 5) is 22.1. The topological polar surface area (TPSA) is 77.0 Å². The SMILES string of the molecule is CCn1ccnc(N(C)Cc2ccc(N)nc2)c1=O. The van der Waals surface area contributed by atoms with Gasteiger partial charge in [-0.05, 0) is 18.6 Å². The molecule has 0 saturated heterocycles. The number of aryl methyl sites for hydroxylation is 1. The molecular weight excluding hydrogens is 242 g/mol. The van der Waals surface area contributed by atoms with Crippen molar-refractivity contribution in [1.82, 2.24) is 14.5 Å². The Hall–Kier alpha value is -2.37. The fourth-order valence-corrected chi connectivity index (χ4v) is 1.82. The zero-order valence-corrected chi connectivity index (χ0v) is 11.1. The largest absolute Gasteiger partial charge is 0.384 e. The van der Waals surface area contributed by atoms with Crippen LogP contribution < -0.4 is 16.2 Å². The molecule has 6 nitrogen and oxygen atoms in total. The first kappa shape index (κ1) is 13.1. The molecule has 19 heavy (non-hydrogen) atoms. The normalized spacial score (nSPS) is 10.4. The molecule has 2 N–H and O–H groups in total. The van der Waals surface area contributed by atoms with Crippen molar-refractivity contribution in [3.8, 4) is 0 Å². The Morgan fingerprint density at radius 3 is 2.79 bits per heavy atom. The lowest BCUT2D eigenvalue weighted by Gasteiger charge is -2.18. The summed E-state index contributed by atoms with van der Waals surface area (Å²) in [5, 5.41) is 0. The van der Waals surface area contributed by atoms with Crippen molar-refractivity contribution in [3.05, 3.63) is 46.6 Å². The van der Waals surface area contributed by atoms with Gasteiger partial charge in [0, 0.05) is 38.7 Å². The van der Waals surface area contributed by atoms with Gasteiger partial charge in [0.05, 0.1) is 0 Å². The molecule has 0 atom stereocenters. The molecule has 2 rings (SSSR count). The highest BCUT2D eigenvalue weighted by Crippen LogP contribution is 2.08. The summed E-state index contributed by atoms with van der Waals surface area (Å²) < 4.78 is 1.63. The molecule has 100 valence electrons. The molecule has 2 aromatic heterocycles. The highest BCUT2D eigenvalue weighted by atomic mass is 16.1. The lowest BCUT2D eigenvalue weighted by Crippen LogP contribution is -2.30. The van der Waals surface area contributed by atoms with Crippen molar-refractivity contribution >= 4 is 11.6 Å². The first-order valence-electron chi connectivity index (χ1n) is 6.08. The van der Waals surface area contributed by atoms with E-state index in [1.54, 1.807) is 29.2 Å². The van der Waals surface area contributed by atoms with E-state index in [2.05, 4.69) is 9.97 Å². The minimum atomic E-state index is -0.0871. The molecule has 0 aromatic carbocycles. The molecule has 0 saturated carbocycles. The standard InChI is InChI=1S/C13H17N5O/c1-3-18-7-6-15-12(13(18)19)17(2)9-10-4-5-11(14)16-8-10/h4-8H,3,9H2,1-2H3,(H2,14,16). The third-order valence-electron chi connectivity index (χ3n) is 2.87. The molecule has 0 aliphatic carbocycles. The van der Waals surface area contributed by atoms with E-state index in [0.717, 1.165) is 5.56 Å². The molecule has 0 fully saturated rings. The predicted molar refractivity (Wildman–Crippen MR) is 74.9 cm³/mol. The second-order valence-corrected chi connectivity index (χ2v) is 4.29. The number of nitrogens with two attached hydrogens (primary N) is 1. The monoisotopic (exact) mass is 259 g/mol. The van der Waals surface area contributed by atoms with Crippen molar-refractivity contribution in [2.45, 2.75) is 20.0 Å². The third kappa shape index (κ3) is 2.90. The predicted octanol–water partition coefficient (Wildman–Crippen LogP) is 0.877. The number of nitrogen functional groups attached to an aromatic ring is 1. The van der Waals surface area contributed by atoms with Crippen molar-refractivity contribution in [1.29, 1.82) is 0 Å². The number of aromatic nitrogens is 3. The maximum atomic E-state index is 12.1. The van der Waals surface area contributed by atoms with Gasteiger partial charge in [0.25, 0.3) is 5.56 Å². The summed E-state index contributed by atoms with van der Waals surface area (Å²) in [7, 11) is 1.83. The number of pyridine rings is 1. The van der Waals surface area contributed by atoms with Gasteiger partial charge < -0.3 is 15.2 Å². The van der Waals surface area contributed by atoms with Crippen molar-refractivity contribution in [2.24, 2.45) is 0 Å². The molecular formula is C13H17N5O. The van der Waals surface area contributed by atoms with Gasteiger partial charge in [-0.3, -0.25) is 4.79 Å². The van der Waals surface area contributed by atoms with Crippen LogP contribution in [0.15, 0.2) is 35.5 Å². The Morgan fingerprint density at radius 2 is 2.16 bits per heavy atom. The molecule has 2 aromatic rings. The van der Waals surface area contributed by atoms with E-state index in [-0.39, 0.29) is 5.56 Å². The van der Waals surface area contributed by atoms with Crippen LogP contribution in [0.25, 0.3) is 0 Å².